The van der Waals surface area contributed by atoms with E-state index in [-0.39, 0.29) is 31.3 Å². The Kier molecular flexibility index (Phi) is 10.1. The average molecular weight is 469 g/mol. The Bertz CT molecular complexity index is 814. The molecule has 0 radical (unpaired) electrons. The molecule has 1 aliphatic rings. The van der Waals surface area contributed by atoms with Crippen LogP contribution in [-0.4, -0.2) is 54.7 Å². The highest BCUT2D eigenvalue weighted by Crippen LogP contribution is 2.31. The van der Waals surface area contributed by atoms with Crippen LogP contribution < -0.4 is 20.9 Å². The fraction of sp³-hybridized carbons (Fsp3) is 0.591. The standard InChI is InChI=1S/C22H33ClN4O5/c1-14(8-21(29)27(13-20(28)26-31)12-16-6-4-5-7-16)11-24-22(30)25-18-9-15(2)17(23)10-19(18)32-3/h9-10,14,16,31H,4-8,11-13H2,1-3H3,(H,26,28)(H2,24,25,30)/t14-/m0/s1. The van der Waals surface area contributed by atoms with Gasteiger partial charge in [0.1, 0.15) is 12.3 Å². The molecule has 4 amide bonds. The summed E-state index contributed by atoms with van der Waals surface area (Å²) in [7, 11) is 1.49. The van der Waals surface area contributed by atoms with Gasteiger partial charge in [-0.3, -0.25) is 14.8 Å². The average Bonchev–Trinajstić information content (AvgIpc) is 3.27. The van der Waals surface area contributed by atoms with Crippen molar-refractivity contribution in [2.45, 2.75) is 46.0 Å². The summed E-state index contributed by atoms with van der Waals surface area (Å²) in [6.07, 6.45) is 4.51. The molecule has 10 heteroatoms. The van der Waals surface area contributed by atoms with E-state index in [1.807, 2.05) is 13.8 Å². The largest absolute Gasteiger partial charge is 0.495 e. The zero-order chi connectivity index (χ0) is 23.7. The summed E-state index contributed by atoms with van der Waals surface area (Å²) in [6.45, 7) is 4.28. The predicted octanol–water partition coefficient (Wildman–Crippen LogP) is 3.33. The van der Waals surface area contributed by atoms with Crippen LogP contribution in [0.3, 0.4) is 0 Å². The summed E-state index contributed by atoms with van der Waals surface area (Å²) < 4.78 is 5.25. The van der Waals surface area contributed by atoms with Gasteiger partial charge in [0.05, 0.1) is 12.8 Å². The Balaban J connectivity index is 1.87. The number of halogens is 1. The van der Waals surface area contributed by atoms with Crippen molar-refractivity contribution < 1.29 is 24.3 Å². The third-order valence-corrected chi connectivity index (χ3v) is 6.04. The molecule has 1 fully saturated rings. The molecule has 0 aliphatic heterocycles. The molecule has 1 saturated carbocycles. The van der Waals surface area contributed by atoms with E-state index in [2.05, 4.69) is 10.6 Å². The zero-order valence-electron chi connectivity index (χ0n) is 18.9. The van der Waals surface area contributed by atoms with Crippen molar-refractivity contribution in [2.24, 2.45) is 11.8 Å². The second-order valence-electron chi connectivity index (χ2n) is 8.41. The maximum Gasteiger partial charge on any atom is 0.319 e. The first-order valence-electron chi connectivity index (χ1n) is 10.8. The summed E-state index contributed by atoms with van der Waals surface area (Å²) in [4.78, 5) is 38.2. The molecule has 0 aromatic heterocycles. The SMILES string of the molecule is COc1cc(Cl)c(C)cc1NC(=O)NC[C@@H](C)CC(=O)N(CC(=O)NO)CC1CCCC1. The van der Waals surface area contributed by atoms with E-state index in [1.165, 1.54) is 12.0 Å². The lowest BCUT2D eigenvalue weighted by atomic mass is 10.0. The molecule has 32 heavy (non-hydrogen) atoms. The molecule has 0 heterocycles. The Morgan fingerprint density at radius 2 is 1.97 bits per heavy atom. The number of benzene rings is 1. The van der Waals surface area contributed by atoms with Crippen LogP contribution in [0.15, 0.2) is 12.1 Å². The fourth-order valence-corrected chi connectivity index (χ4v) is 3.98. The van der Waals surface area contributed by atoms with E-state index in [1.54, 1.807) is 17.6 Å². The number of rotatable bonds is 10. The number of carbonyl (C=O) groups is 3. The van der Waals surface area contributed by atoms with Gasteiger partial charge in [0, 0.05) is 30.6 Å². The molecule has 178 valence electrons. The molecule has 9 nitrogen and oxygen atoms in total. The summed E-state index contributed by atoms with van der Waals surface area (Å²) in [5, 5.41) is 14.9. The summed E-state index contributed by atoms with van der Waals surface area (Å²) in [5.41, 5.74) is 2.89. The van der Waals surface area contributed by atoms with Gasteiger partial charge in [-0.1, -0.05) is 31.4 Å². The van der Waals surface area contributed by atoms with E-state index in [9.17, 15) is 14.4 Å². The highest BCUT2D eigenvalue weighted by molar-refractivity contribution is 6.31. The molecule has 1 aromatic rings. The predicted molar refractivity (Wildman–Crippen MR) is 122 cm³/mol. The number of nitrogens with zero attached hydrogens (tertiary/aromatic N) is 1. The highest BCUT2D eigenvalue weighted by Gasteiger charge is 2.25. The molecule has 0 unspecified atom stereocenters. The van der Waals surface area contributed by atoms with Crippen molar-refractivity contribution >= 4 is 35.1 Å². The number of nitrogens with one attached hydrogen (secondary N) is 3. The van der Waals surface area contributed by atoms with Gasteiger partial charge in [-0.05, 0) is 43.2 Å². The Morgan fingerprint density at radius 1 is 1.28 bits per heavy atom. The van der Waals surface area contributed by atoms with Gasteiger partial charge >= 0.3 is 6.03 Å². The lowest BCUT2D eigenvalue weighted by Gasteiger charge is -2.26. The quantitative estimate of drug-likeness (QED) is 0.310. The number of hydroxylamine groups is 1. The normalized spacial score (nSPS) is 14.5. The van der Waals surface area contributed by atoms with Crippen molar-refractivity contribution in [3.63, 3.8) is 0 Å². The van der Waals surface area contributed by atoms with E-state index in [0.29, 0.717) is 28.9 Å². The monoisotopic (exact) mass is 468 g/mol. The first kappa shape index (κ1) is 25.7. The van der Waals surface area contributed by atoms with E-state index < -0.39 is 11.9 Å². The topological polar surface area (TPSA) is 120 Å². The Morgan fingerprint density at radius 3 is 2.59 bits per heavy atom. The van der Waals surface area contributed by atoms with Gasteiger partial charge in [-0.15, -0.1) is 0 Å². The zero-order valence-corrected chi connectivity index (χ0v) is 19.6. The number of hydrogen-bond acceptors (Lipinski definition) is 5. The van der Waals surface area contributed by atoms with Crippen LogP contribution in [0.2, 0.25) is 5.02 Å². The molecule has 4 N–H and O–H groups in total. The molecule has 1 aliphatic carbocycles. The van der Waals surface area contributed by atoms with Crippen LogP contribution in [0.1, 0.15) is 44.6 Å². The molecule has 0 saturated heterocycles. The number of amides is 4. The highest BCUT2D eigenvalue weighted by atomic mass is 35.5. The lowest BCUT2D eigenvalue weighted by molar-refractivity contribution is -0.140. The van der Waals surface area contributed by atoms with Crippen LogP contribution in [-0.2, 0) is 9.59 Å². The van der Waals surface area contributed by atoms with Crippen LogP contribution in [0.5, 0.6) is 5.75 Å². The third-order valence-electron chi connectivity index (χ3n) is 5.63. The maximum atomic E-state index is 12.8. The number of hydrogen-bond donors (Lipinski definition) is 4. The number of ether oxygens (including phenoxy) is 1. The number of urea groups is 1. The van der Waals surface area contributed by atoms with E-state index in [4.69, 9.17) is 21.5 Å². The van der Waals surface area contributed by atoms with E-state index in [0.717, 1.165) is 31.2 Å². The van der Waals surface area contributed by atoms with Crippen LogP contribution in [0, 0.1) is 18.8 Å². The van der Waals surface area contributed by atoms with Gasteiger partial charge in [0.15, 0.2) is 0 Å². The van der Waals surface area contributed by atoms with Gasteiger partial charge in [0.2, 0.25) is 5.91 Å². The van der Waals surface area contributed by atoms with Crippen LogP contribution in [0.4, 0.5) is 10.5 Å². The second kappa shape index (κ2) is 12.5. The number of anilines is 1. The third kappa shape index (κ3) is 7.87. The Hall–Kier alpha value is -2.52. The number of aryl methyl sites for hydroxylation is 1. The lowest BCUT2D eigenvalue weighted by Crippen LogP contribution is -2.43. The molecular weight excluding hydrogens is 436 g/mol. The Labute approximate surface area is 193 Å². The minimum Gasteiger partial charge on any atom is -0.495 e. The molecule has 2 rings (SSSR count). The van der Waals surface area contributed by atoms with Crippen molar-refractivity contribution in [1.29, 1.82) is 0 Å². The van der Waals surface area contributed by atoms with E-state index >= 15 is 0 Å². The molecule has 1 atom stereocenters. The smallest absolute Gasteiger partial charge is 0.319 e. The molecule has 0 spiro atoms. The molecule has 0 bridgehead atoms. The maximum absolute atomic E-state index is 12.8. The summed E-state index contributed by atoms with van der Waals surface area (Å²) in [5.74, 6) is -0.115. The minimum absolute atomic E-state index is 0.148. The van der Waals surface area contributed by atoms with Gasteiger partial charge in [0.25, 0.3) is 5.91 Å². The van der Waals surface area contributed by atoms with Gasteiger partial charge in [-0.25, -0.2) is 10.3 Å². The first-order chi connectivity index (χ1) is 15.2. The van der Waals surface area contributed by atoms with Gasteiger partial charge in [-0.2, -0.15) is 0 Å². The first-order valence-corrected chi connectivity index (χ1v) is 11.2. The van der Waals surface area contributed by atoms with Gasteiger partial charge < -0.3 is 20.3 Å². The fourth-order valence-electron chi connectivity index (χ4n) is 3.83. The van der Waals surface area contributed by atoms with Crippen LogP contribution in [0.25, 0.3) is 0 Å². The minimum atomic E-state index is -0.617. The second-order valence-corrected chi connectivity index (χ2v) is 8.81. The van der Waals surface area contributed by atoms with Crippen molar-refractivity contribution in [3.8, 4) is 5.75 Å². The summed E-state index contributed by atoms with van der Waals surface area (Å²) in [6, 6.07) is 2.93. The number of methoxy groups -OCH3 is 1. The molecule has 1 aromatic carbocycles. The van der Waals surface area contributed by atoms with Crippen LogP contribution >= 0.6 is 11.6 Å². The molecular formula is C22H33ClN4O5. The summed E-state index contributed by atoms with van der Waals surface area (Å²) >= 11 is 6.09. The van der Waals surface area contributed by atoms with Crippen molar-refractivity contribution in [2.75, 3.05) is 32.1 Å². The van der Waals surface area contributed by atoms with Crippen molar-refractivity contribution in [3.05, 3.63) is 22.7 Å². The van der Waals surface area contributed by atoms with Crippen molar-refractivity contribution in [1.82, 2.24) is 15.7 Å². The number of carbonyl (C=O) groups excluding carboxylic acids is 3.